The van der Waals surface area contributed by atoms with Crippen LogP contribution in [-0.2, 0) is 0 Å². The monoisotopic (exact) mass is 479 g/mol. The Morgan fingerprint density at radius 1 is 0.750 bits per heavy atom. The molecule has 0 fully saturated rings. The van der Waals surface area contributed by atoms with E-state index in [2.05, 4.69) is 66.1 Å². The molecule has 182 valence electrons. The van der Waals surface area contributed by atoms with E-state index in [0.29, 0.717) is 46.4 Å². The molecular weight excluding hydrogens is 450 g/mol. The molecule has 0 spiro atoms. The zero-order valence-corrected chi connectivity index (χ0v) is 21.1. The van der Waals surface area contributed by atoms with Crippen molar-refractivity contribution in [3.63, 3.8) is 0 Å². The molecule has 0 bridgehead atoms. The van der Waals surface area contributed by atoms with E-state index in [-0.39, 0.29) is 5.75 Å². The van der Waals surface area contributed by atoms with Gasteiger partial charge in [0.2, 0.25) is 0 Å². The van der Waals surface area contributed by atoms with Crippen LogP contribution >= 0.6 is 0 Å². The van der Waals surface area contributed by atoms with Crippen LogP contribution in [0.5, 0.6) is 5.75 Å². The Bertz CT molecular complexity index is 1500. The third-order valence-electron chi connectivity index (χ3n) is 6.19. The number of nitrogens with zero attached hydrogens (tertiary/aromatic N) is 7. The Morgan fingerprint density at radius 3 is 2.11 bits per heavy atom. The predicted octanol–water partition coefficient (Wildman–Crippen LogP) is 5.84. The second-order valence-corrected chi connectivity index (χ2v) is 9.38. The van der Waals surface area contributed by atoms with Crippen molar-refractivity contribution < 1.29 is 5.11 Å². The van der Waals surface area contributed by atoms with E-state index in [9.17, 15) is 5.11 Å². The van der Waals surface area contributed by atoms with Crippen molar-refractivity contribution in [1.29, 1.82) is 0 Å². The van der Waals surface area contributed by atoms with Gasteiger partial charge in [0, 0.05) is 0 Å². The van der Waals surface area contributed by atoms with Crippen LogP contribution in [0.4, 0.5) is 0 Å². The molecule has 0 radical (unpaired) electrons. The molecule has 0 unspecified atom stereocenters. The molecule has 8 heteroatoms. The van der Waals surface area contributed by atoms with Crippen LogP contribution in [0.2, 0.25) is 0 Å². The van der Waals surface area contributed by atoms with Crippen molar-refractivity contribution in [3.05, 3.63) is 83.9 Å². The first-order chi connectivity index (χ1) is 17.3. The van der Waals surface area contributed by atoms with Crippen molar-refractivity contribution in [2.24, 2.45) is 0 Å². The van der Waals surface area contributed by atoms with Gasteiger partial charge < -0.3 is 5.11 Å². The maximum atomic E-state index is 10.3. The molecular formula is C28H29N7O. The molecule has 0 aliphatic carbocycles. The number of phenolic OH excluding ortho intramolecular Hbond substituents is 1. The molecule has 3 heterocycles. The summed E-state index contributed by atoms with van der Waals surface area (Å²) >= 11 is 0. The molecule has 2 aromatic carbocycles. The average Bonchev–Trinajstić information content (AvgIpc) is 3.51. The topological polar surface area (TPSA) is 94.5 Å². The summed E-state index contributed by atoms with van der Waals surface area (Å²) in [4.78, 5) is 14.1. The standard InChI is InChI=1S/C28H29N7O/c1-17(2)20-10-8-11-21(18(3)4)26(20)35-28(29-16-30-35)23-13-9-12-22(32-23)27-31-19(5)34(33-27)24-14-6-7-15-25(24)36/h6-18,36H,1-5H3. The van der Waals surface area contributed by atoms with E-state index in [1.54, 1.807) is 29.2 Å². The molecule has 0 saturated carbocycles. The number of aromatic hydroxyl groups is 1. The molecule has 36 heavy (non-hydrogen) atoms. The second-order valence-electron chi connectivity index (χ2n) is 9.38. The third-order valence-corrected chi connectivity index (χ3v) is 6.19. The Morgan fingerprint density at radius 2 is 1.42 bits per heavy atom. The number of phenols is 1. The molecule has 0 amide bonds. The van der Waals surface area contributed by atoms with Gasteiger partial charge in [0.15, 0.2) is 11.6 Å². The summed E-state index contributed by atoms with van der Waals surface area (Å²) in [7, 11) is 0. The molecule has 0 aliphatic rings. The lowest BCUT2D eigenvalue weighted by molar-refractivity contribution is 0.470. The van der Waals surface area contributed by atoms with Crippen molar-refractivity contribution >= 4 is 0 Å². The Labute approximate surface area is 210 Å². The fourth-order valence-electron chi connectivity index (χ4n) is 4.39. The van der Waals surface area contributed by atoms with Gasteiger partial charge in [-0.3, -0.25) is 0 Å². The molecule has 0 atom stereocenters. The molecule has 0 saturated heterocycles. The number of rotatable bonds is 6. The van der Waals surface area contributed by atoms with Crippen LogP contribution < -0.4 is 0 Å². The van der Waals surface area contributed by atoms with E-state index in [0.717, 1.165) is 5.69 Å². The van der Waals surface area contributed by atoms with E-state index < -0.39 is 0 Å². The Kier molecular flexibility index (Phi) is 6.10. The van der Waals surface area contributed by atoms with Gasteiger partial charge in [0.05, 0.1) is 5.69 Å². The zero-order chi connectivity index (χ0) is 25.4. The average molecular weight is 480 g/mol. The summed E-state index contributed by atoms with van der Waals surface area (Å²) in [5.41, 5.74) is 5.33. The molecule has 3 aromatic heterocycles. The van der Waals surface area contributed by atoms with Gasteiger partial charge in [-0.15, -0.1) is 5.10 Å². The summed E-state index contributed by atoms with van der Waals surface area (Å²) < 4.78 is 3.52. The number of hydrogen-bond acceptors (Lipinski definition) is 6. The van der Waals surface area contributed by atoms with E-state index >= 15 is 0 Å². The summed E-state index contributed by atoms with van der Waals surface area (Å²) in [5.74, 6) is 2.55. The maximum Gasteiger partial charge on any atom is 0.200 e. The van der Waals surface area contributed by atoms with Crippen LogP contribution in [0.3, 0.4) is 0 Å². The quantitative estimate of drug-likeness (QED) is 0.329. The number of para-hydroxylation sites is 3. The summed E-state index contributed by atoms with van der Waals surface area (Å²) in [6.45, 7) is 10.6. The van der Waals surface area contributed by atoms with Crippen molar-refractivity contribution in [2.75, 3.05) is 0 Å². The van der Waals surface area contributed by atoms with Crippen LogP contribution in [0, 0.1) is 6.92 Å². The summed E-state index contributed by atoms with van der Waals surface area (Å²) in [6.07, 6.45) is 1.57. The number of hydrogen-bond donors (Lipinski definition) is 1. The normalized spacial score (nSPS) is 11.5. The molecule has 0 aliphatic heterocycles. The lowest BCUT2D eigenvalue weighted by atomic mass is 9.92. The lowest BCUT2D eigenvalue weighted by Crippen LogP contribution is -2.10. The van der Waals surface area contributed by atoms with Gasteiger partial charge in [0.1, 0.15) is 35.0 Å². The van der Waals surface area contributed by atoms with Crippen molar-refractivity contribution in [3.8, 4) is 40.2 Å². The number of aryl methyl sites for hydroxylation is 1. The fraction of sp³-hybridized carbons (Fsp3) is 0.250. The largest absolute Gasteiger partial charge is 0.506 e. The first kappa shape index (κ1) is 23.4. The first-order valence-electron chi connectivity index (χ1n) is 12.1. The molecule has 5 aromatic rings. The molecule has 8 nitrogen and oxygen atoms in total. The van der Waals surface area contributed by atoms with E-state index in [1.165, 1.54) is 11.1 Å². The van der Waals surface area contributed by atoms with Gasteiger partial charge in [-0.1, -0.05) is 64.1 Å². The SMILES string of the molecule is Cc1nc(-c2cccc(-c3ncnn3-c3c(C(C)C)cccc3C(C)C)n2)nn1-c1ccccc1O. The molecule has 1 N–H and O–H groups in total. The lowest BCUT2D eigenvalue weighted by Gasteiger charge is -2.20. The highest BCUT2D eigenvalue weighted by atomic mass is 16.3. The van der Waals surface area contributed by atoms with Crippen LogP contribution in [0.15, 0.2) is 67.0 Å². The number of benzene rings is 2. The van der Waals surface area contributed by atoms with E-state index in [1.807, 2.05) is 35.9 Å². The predicted molar refractivity (Wildman–Crippen MR) is 140 cm³/mol. The first-order valence-corrected chi connectivity index (χ1v) is 12.1. The highest BCUT2D eigenvalue weighted by Gasteiger charge is 2.21. The van der Waals surface area contributed by atoms with Crippen LogP contribution in [0.25, 0.3) is 34.4 Å². The third kappa shape index (κ3) is 4.15. The highest BCUT2D eigenvalue weighted by molar-refractivity contribution is 5.62. The Hall–Kier alpha value is -4.33. The zero-order valence-electron chi connectivity index (χ0n) is 21.1. The van der Waals surface area contributed by atoms with Gasteiger partial charge in [-0.05, 0) is 54.2 Å². The van der Waals surface area contributed by atoms with Crippen LogP contribution in [-0.4, -0.2) is 39.6 Å². The maximum absolute atomic E-state index is 10.3. The minimum atomic E-state index is 0.136. The van der Waals surface area contributed by atoms with Gasteiger partial charge in [0.25, 0.3) is 0 Å². The van der Waals surface area contributed by atoms with Crippen LogP contribution in [0.1, 0.15) is 56.5 Å². The second kappa shape index (κ2) is 9.37. The van der Waals surface area contributed by atoms with Crippen molar-refractivity contribution in [1.82, 2.24) is 34.5 Å². The highest BCUT2D eigenvalue weighted by Crippen LogP contribution is 2.33. The minimum Gasteiger partial charge on any atom is -0.506 e. The van der Waals surface area contributed by atoms with E-state index in [4.69, 9.17) is 4.98 Å². The number of pyridine rings is 1. The summed E-state index contributed by atoms with van der Waals surface area (Å²) in [5, 5.41) is 19.5. The van der Waals surface area contributed by atoms with Gasteiger partial charge in [-0.2, -0.15) is 5.10 Å². The number of aromatic nitrogens is 7. The van der Waals surface area contributed by atoms with Crippen molar-refractivity contribution in [2.45, 2.75) is 46.5 Å². The minimum absolute atomic E-state index is 0.136. The summed E-state index contributed by atoms with van der Waals surface area (Å²) in [6, 6.07) is 19.2. The van der Waals surface area contributed by atoms with Gasteiger partial charge in [-0.25, -0.2) is 24.3 Å². The Balaban J connectivity index is 1.61. The van der Waals surface area contributed by atoms with Gasteiger partial charge >= 0.3 is 0 Å². The smallest absolute Gasteiger partial charge is 0.200 e. The fourth-order valence-corrected chi connectivity index (χ4v) is 4.39. The molecule has 5 rings (SSSR count).